The number of carbonyl (C=O) groups is 1. The molecule has 0 aliphatic carbocycles. The number of nitrogens with zero attached hydrogens (tertiary/aromatic N) is 2. The Hall–Kier alpha value is -3.59. The van der Waals surface area contributed by atoms with Crippen LogP contribution in [-0.4, -0.2) is 54.8 Å². The van der Waals surface area contributed by atoms with Crippen LogP contribution in [0.4, 0.5) is 14.9 Å². The number of pyridine rings is 1. The zero-order chi connectivity index (χ0) is 22.7. The Morgan fingerprint density at radius 1 is 1.09 bits per heavy atom. The number of amides is 2. The van der Waals surface area contributed by atoms with E-state index in [2.05, 4.69) is 10.3 Å². The molecule has 0 saturated carbocycles. The lowest BCUT2D eigenvalue weighted by Crippen LogP contribution is -2.37. The molecule has 1 aliphatic heterocycles. The van der Waals surface area contributed by atoms with Crippen molar-refractivity contribution in [1.82, 2.24) is 14.8 Å². The van der Waals surface area contributed by atoms with Crippen molar-refractivity contribution in [2.45, 2.75) is 13.0 Å². The van der Waals surface area contributed by atoms with Crippen LogP contribution < -0.4 is 20.3 Å². The van der Waals surface area contributed by atoms with Crippen molar-refractivity contribution in [2.75, 3.05) is 39.3 Å². The van der Waals surface area contributed by atoms with Gasteiger partial charge in [-0.05, 0) is 63.5 Å². The number of benzene rings is 2. The lowest BCUT2D eigenvalue weighted by Gasteiger charge is -2.24. The Labute approximate surface area is 184 Å². The highest BCUT2D eigenvalue weighted by molar-refractivity contribution is 5.89. The minimum Gasteiger partial charge on any atom is -0.454 e. The molecule has 0 unspecified atom stereocenters. The van der Waals surface area contributed by atoms with E-state index in [4.69, 9.17) is 9.47 Å². The van der Waals surface area contributed by atoms with E-state index >= 15 is 0 Å². The first-order valence-corrected chi connectivity index (χ1v) is 10.3. The van der Waals surface area contributed by atoms with E-state index in [1.807, 2.05) is 25.1 Å². The molecule has 2 heterocycles. The van der Waals surface area contributed by atoms with Gasteiger partial charge < -0.3 is 29.6 Å². The summed E-state index contributed by atoms with van der Waals surface area (Å²) < 4.78 is 24.0. The van der Waals surface area contributed by atoms with E-state index in [9.17, 15) is 14.0 Å². The van der Waals surface area contributed by atoms with Crippen molar-refractivity contribution < 1.29 is 18.7 Å². The third kappa shape index (κ3) is 5.00. The first-order chi connectivity index (χ1) is 15.4. The summed E-state index contributed by atoms with van der Waals surface area (Å²) in [5.74, 6) is 0.826. The number of aromatic amines is 1. The fraction of sp³-hybridized carbons (Fsp3) is 0.304. The first-order valence-electron chi connectivity index (χ1n) is 10.3. The van der Waals surface area contributed by atoms with Crippen molar-refractivity contribution in [3.63, 3.8) is 0 Å². The summed E-state index contributed by atoms with van der Waals surface area (Å²) in [6.45, 7) is 1.51. The minimum atomic E-state index is -0.380. The molecule has 32 heavy (non-hydrogen) atoms. The van der Waals surface area contributed by atoms with Crippen LogP contribution in [0.3, 0.4) is 0 Å². The summed E-state index contributed by atoms with van der Waals surface area (Å²) in [6, 6.07) is 10.5. The van der Waals surface area contributed by atoms with Crippen molar-refractivity contribution in [3.8, 4) is 11.5 Å². The van der Waals surface area contributed by atoms with Gasteiger partial charge in [0.25, 0.3) is 5.56 Å². The molecular weight excluding hydrogens is 415 g/mol. The van der Waals surface area contributed by atoms with Gasteiger partial charge in [-0.3, -0.25) is 4.79 Å². The second-order valence-electron chi connectivity index (χ2n) is 7.93. The number of H-pyrrole nitrogens is 1. The highest BCUT2D eigenvalue weighted by Crippen LogP contribution is 2.35. The maximum absolute atomic E-state index is 13.2. The second-order valence-corrected chi connectivity index (χ2v) is 7.93. The monoisotopic (exact) mass is 440 g/mol. The average Bonchev–Trinajstić information content (AvgIpc) is 3.20. The van der Waals surface area contributed by atoms with Gasteiger partial charge >= 0.3 is 6.03 Å². The van der Waals surface area contributed by atoms with Crippen molar-refractivity contribution in [1.29, 1.82) is 0 Å². The van der Waals surface area contributed by atoms with E-state index < -0.39 is 0 Å². The molecule has 9 heteroatoms. The molecule has 0 fully saturated rings. The third-order valence-corrected chi connectivity index (χ3v) is 5.19. The van der Waals surface area contributed by atoms with Crippen molar-refractivity contribution in [3.05, 3.63) is 64.2 Å². The van der Waals surface area contributed by atoms with Gasteiger partial charge in [-0.1, -0.05) is 0 Å². The summed E-state index contributed by atoms with van der Waals surface area (Å²) >= 11 is 0. The number of anilines is 1. The summed E-state index contributed by atoms with van der Waals surface area (Å²) in [5, 5.41) is 3.56. The molecule has 0 saturated heterocycles. The van der Waals surface area contributed by atoms with E-state index in [0.717, 1.165) is 18.4 Å². The van der Waals surface area contributed by atoms with Crippen LogP contribution in [0.5, 0.6) is 11.5 Å². The molecule has 0 bridgehead atoms. The number of aromatic nitrogens is 1. The largest absolute Gasteiger partial charge is 0.454 e. The van der Waals surface area contributed by atoms with Gasteiger partial charge in [-0.2, -0.15) is 0 Å². The number of hydrogen-bond acceptors (Lipinski definition) is 5. The second kappa shape index (κ2) is 9.27. The van der Waals surface area contributed by atoms with Crippen molar-refractivity contribution >= 4 is 22.6 Å². The molecule has 168 valence electrons. The lowest BCUT2D eigenvalue weighted by molar-refractivity contribution is 0.174. The van der Waals surface area contributed by atoms with Gasteiger partial charge in [0.15, 0.2) is 11.5 Å². The zero-order valence-electron chi connectivity index (χ0n) is 18.0. The summed E-state index contributed by atoms with van der Waals surface area (Å²) in [7, 11) is 3.92. The predicted molar refractivity (Wildman–Crippen MR) is 120 cm³/mol. The normalized spacial score (nSPS) is 12.4. The minimum absolute atomic E-state index is 0.125. The zero-order valence-corrected chi connectivity index (χ0v) is 18.0. The molecule has 1 aromatic heterocycles. The van der Waals surface area contributed by atoms with Crippen LogP contribution in [0.1, 0.15) is 12.0 Å². The number of nitrogens with one attached hydrogen (secondary N) is 2. The van der Waals surface area contributed by atoms with Crippen LogP contribution >= 0.6 is 0 Å². The van der Waals surface area contributed by atoms with Crippen LogP contribution in [-0.2, 0) is 6.54 Å². The highest BCUT2D eigenvalue weighted by atomic mass is 19.1. The Morgan fingerprint density at radius 3 is 2.53 bits per heavy atom. The number of urea groups is 1. The van der Waals surface area contributed by atoms with E-state index in [-0.39, 0.29) is 30.7 Å². The first kappa shape index (κ1) is 21.6. The average molecular weight is 440 g/mol. The number of halogens is 1. The Kier molecular flexibility index (Phi) is 6.27. The fourth-order valence-corrected chi connectivity index (χ4v) is 3.53. The van der Waals surface area contributed by atoms with Crippen LogP contribution in [0, 0.1) is 5.82 Å². The van der Waals surface area contributed by atoms with Crippen LogP contribution in [0.2, 0.25) is 0 Å². The SMILES string of the molecule is CN(C)CCCN(Cc1cc2cc3c(cc2[nH]c1=O)OCO3)C(=O)Nc1ccc(F)cc1. The lowest BCUT2D eigenvalue weighted by atomic mass is 10.1. The molecular formula is C23H25FN4O4. The van der Waals surface area contributed by atoms with Gasteiger partial charge in [0.1, 0.15) is 5.82 Å². The number of rotatable bonds is 7. The molecule has 1 aliphatic rings. The Bertz CT molecular complexity index is 1180. The van der Waals surface area contributed by atoms with Gasteiger partial charge in [0.05, 0.1) is 12.1 Å². The Morgan fingerprint density at radius 2 is 1.81 bits per heavy atom. The standard InChI is InChI=1S/C23H25FN4O4/c1-27(2)8-3-9-28(23(30)25-18-6-4-17(24)5-7-18)13-16-10-15-11-20-21(32-14-31-20)12-19(15)26-22(16)29/h4-7,10-12H,3,8-9,13-14H2,1-2H3,(H,25,30)(H,26,29). The van der Waals surface area contributed by atoms with Crippen LogP contribution in [0.25, 0.3) is 10.9 Å². The Balaban J connectivity index is 1.57. The molecule has 8 nitrogen and oxygen atoms in total. The van der Waals surface area contributed by atoms with E-state index in [1.54, 1.807) is 17.0 Å². The summed E-state index contributed by atoms with van der Waals surface area (Å²) in [4.78, 5) is 32.2. The smallest absolute Gasteiger partial charge is 0.322 e. The van der Waals surface area contributed by atoms with Crippen LogP contribution in [0.15, 0.2) is 47.3 Å². The van der Waals surface area contributed by atoms with Gasteiger partial charge in [-0.15, -0.1) is 0 Å². The molecule has 3 aromatic rings. The quantitative estimate of drug-likeness (QED) is 0.588. The molecule has 2 N–H and O–H groups in total. The molecule has 0 spiro atoms. The maximum atomic E-state index is 13.2. The summed E-state index contributed by atoms with van der Waals surface area (Å²) in [6.07, 6.45) is 0.730. The number of ether oxygens (including phenoxy) is 2. The molecule has 2 aromatic carbocycles. The van der Waals surface area contributed by atoms with E-state index in [1.165, 1.54) is 24.3 Å². The molecule has 0 radical (unpaired) electrons. The fourth-order valence-electron chi connectivity index (χ4n) is 3.53. The van der Waals surface area contributed by atoms with Gasteiger partial charge in [0, 0.05) is 29.2 Å². The highest BCUT2D eigenvalue weighted by Gasteiger charge is 2.19. The topological polar surface area (TPSA) is 86.9 Å². The number of carbonyl (C=O) groups excluding carboxylic acids is 1. The predicted octanol–water partition coefficient (Wildman–Crippen LogP) is 3.38. The number of hydrogen-bond donors (Lipinski definition) is 2. The van der Waals surface area contributed by atoms with Gasteiger partial charge in [-0.25, -0.2) is 9.18 Å². The molecule has 4 rings (SSSR count). The number of fused-ring (bicyclic) bond motifs is 2. The third-order valence-electron chi connectivity index (χ3n) is 5.19. The summed E-state index contributed by atoms with van der Waals surface area (Å²) in [5.41, 5.74) is 1.30. The molecule has 0 atom stereocenters. The van der Waals surface area contributed by atoms with Crippen molar-refractivity contribution in [2.24, 2.45) is 0 Å². The van der Waals surface area contributed by atoms with E-state index in [0.29, 0.717) is 34.8 Å². The van der Waals surface area contributed by atoms with Gasteiger partial charge in [0.2, 0.25) is 6.79 Å². The molecule has 2 amide bonds. The maximum Gasteiger partial charge on any atom is 0.322 e.